The molecule has 0 aromatic heterocycles. The molecule has 6 heteroatoms. The molecule has 6 nitrogen and oxygen atoms in total. The fourth-order valence-corrected chi connectivity index (χ4v) is 1.79. The summed E-state index contributed by atoms with van der Waals surface area (Å²) < 4.78 is 4.75. The summed E-state index contributed by atoms with van der Waals surface area (Å²) in [6.07, 6.45) is 0.616. The first-order valence-electron chi connectivity index (χ1n) is 6.64. The fourth-order valence-electron chi connectivity index (χ4n) is 1.79. The lowest BCUT2D eigenvalue weighted by atomic mass is 10.1. The maximum Gasteiger partial charge on any atom is 0.246 e. The zero-order valence-corrected chi connectivity index (χ0v) is 12.0. The highest BCUT2D eigenvalue weighted by Crippen LogP contribution is 2.03. The van der Waals surface area contributed by atoms with Crippen LogP contribution in [0.1, 0.15) is 12.0 Å². The monoisotopic (exact) mass is 289 g/mol. The molecule has 0 spiro atoms. The van der Waals surface area contributed by atoms with E-state index >= 15 is 0 Å². The number of hydrogen-bond acceptors (Lipinski definition) is 4. The summed E-state index contributed by atoms with van der Waals surface area (Å²) in [5.74, 6) is -0.660. The SMILES string of the molecule is COCC(=O)NC(Cc1ccccc1)C(=O)NCCC#N. The largest absolute Gasteiger partial charge is 0.375 e. The van der Waals surface area contributed by atoms with Gasteiger partial charge in [0, 0.05) is 20.1 Å². The van der Waals surface area contributed by atoms with Gasteiger partial charge in [-0.2, -0.15) is 5.26 Å². The van der Waals surface area contributed by atoms with Gasteiger partial charge in [-0.05, 0) is 5.56 Å². The number of carbonyl (C=O) groups is 2. The minimum Gasteiger partial charge on any atom is -0.375 e. The minimum atomic E-state index is -0.686. The second-order valence-electron chi connectivity index (χ2n) is 4.44. The van der Waals surface area contributed by atoms with Crippen LogP contribution in [0.2, 0.25) is 0 Å². The van der Waals surface area contributed by atoms with E-state index in [1.165, 1.54) is 7.11 Å². The predicted octanol–water partition coefficient (Wildman–Crippen LogP) is 0.390. The molecule has 1 aromatic carbocycles. The van der Waals surface area contributed by atoms with E-state index in [0.717, 1.165) is 5.56 Å². The summed E-state index contributed by atoms with van der Waals surface area (Å²) in [5.41, 5.74) is 0.940. The van der Waals surface area contributed by atoms with Gasteiger partial charge in [0.25, 0.3) is 0 Å². The van der Waals surface area contributed by atoms with E-state index < -0.39 is 6.04 Å². The Morgan fingerprint density at radius 1 is 1.33 bits per heavy atom. The van der Waals surface area contributed by atoms with Crippen molar-refractivity contribution in [2.45, 2.75) is 18.9 Å². The van der Waals surface area contributed by atoms with Crippen LogP contribution in [0, 0.1) is 11.3 Å². The molecular weight excluding hydrogens is 270 g/mol. The Balaban J connectivity index is 2.67. The van der Waals surface area contributed by atoms with E-state index in [2.05, 4.69) is 10.6 Å². The van der Waals surface area contributed by atoms with Crippen LogP contribution in [0.3, 0.4) is 0 Å². The van der Waals surface area contributed by atoms with Gasteiger partial charge in [-0.1, -0.05) is 30.3 Å². The van der Waals surface area contributed by atoms with Crippen LogP contribution in [0.15, 0.2) is 30.3 Å². The summed E-state index contributed by atoms with van der Waals surface area (Å²) in [5, 5.41) is 13.7. The average Bonchev–Trinajstić information content (AvgIpc) is 2.48. The summed E-state index contributed by atoms with van der Waals surface area (Å²) in [4.78, 5) is 23.7. The Hall–Kier alpha value is -2.39. The quantitative estimate of drug-likeness (QED) is 0.677. The average molecular weight is 289 g/mol. The lowest BCUT2D eigenvalue weighted by molar-refractivity contribution is -0.130. The van der Waals surface area contributed by atoms with E-state index in [1.54, 1.807) is 0 Å². The normalized spacial score (nSPS) is 11.2. The lowest BCUT2D eigenvalue weighted by Gasteiger charge is -2.18. The minimum absolute atomic E-state index is 0.100. The topological polar surface area (TPSA) is 91.2 Å². The van der Waals surface area contributed by atoms with Crippen molar-refractivity contribution in [3.05, 3.63) is 35.9 Å². The second-order valence-corrected chi connectivity index (χ2v) is 4.44. The highest BCUT2D eigenvalue weighted by atomic mass is 16.5. The van der Waals surface area contributed by atoms with Crippen LogP contribution in [0.25, 0.3) is 0 Å². The number of amides is 2. The number of nitrogens with one attached hydrogen (secondary N) is 2. The number of carbonyl (C=O) groups excluding carboxylic acids is 2. The van der Waals surface area contributed by atoms with Gasteiger partial charge in [-0.15, -0.1) is 0 Å². The van der Waals surface area contributed by atoms with Gasteiger partial charge in [-0.25, -0.2) is 0 Å². The van der Waals surface area contributed by atoms with E-state index in [-0.39, 0.29) is 31.4 Å². The van der Waals surface area contributed by atoms with Crippen LogP contribution < -0.4 is 10.6 Å². The molecule has 0 aliphatic carbocycles. The van der Waals surface area contributed by atoms with Crippen molar-refractivity contribution in [2.75, 3.05) is 20.3 Å². The number of ether oxygens (including phenoxy) is 1. The molecule has 1 rings (SSSR count). The first kappa shape index (κ1) is 16.7. The van der Waals surface area contributed by atoms with Gasteiger partial charge in [0.1, 0.15) is 12.6 Å². The molecule has 0 bridgehead atoms. The maximum absolute atomic E-state index is 12.1. The van der Waals surface area contributed by atoms with Gasteiger partial charge in [0.15, 0.2) is 0 Å². The molecule has 1 unspecified atom stereocenters. The zero-order chi connectivity index (χ0) is 15.5. The number of nitrogens with zero attached hydrogens (tertiary/aromatic N) is 1. The lowest BCUT2D eigenvalue weighted by Crippen LogP contribution is -2.49. The molecule has 2 N–H and O–H groups in total. The second kappa shape index (κ2) is 9.50. The van der Waals surface area contributed by atoms with Crippen molar-refractivity contribution in [2.24, 2.45) is 0 Å². The predicted molar refractivity (Wildman–Crippen MR) is 77.2 cm³/mol. The third kappa shape index (κ3) is 6.54. The molecule has 2 amide bonds. The molecular formula is C15H19N3O3. The van der Waals surface area contributed by atoms with E-state index in [4.69, 9.17) is 10.00 Å². The van der Waals surface area contributed by atoms with Crippen LogP contribution in [0.5, 0.6) is 0 Å². The van der Waals surface area contributed by atoms with Crippen molar-refractivity contribution in [3.63, 3.8) is 0 Å². The Kier molecular flexibility index (Phi) is 7.54. The van der Waals surface area contributed by atoms with E-state index in [9.17, 15) is 9.59 Å². The molecule has 21 heavy (non-hydrogen) atoms. The van der Waals surface area contributed by atoms with Crippen LogP contribution in [-0.4, -0.2) is 38.1 Å². The highest BCUT2D eigenvalue weighted by Gasteiger charge is 2.20. The Bertz CT molecular complexity index is 497. The number of methoxy groups -OCH3 is 1. The Morgan fingerprint density at radius 2 is 2.05 bits per heavy atom. The zero-order valence-electron chi connectivity index (χ0n) is 12.0. The molecule has 0 heterocycles. The first-order chi connectivity index (χ1) is 10.2. The Labute approximate surface area is 124 Å². The smallest absolute Gasteiger partial charge is 0.246 e. The van der Waals surface area contributed by atoms with Gasteiger partial charge < -0.3 is 15.4 Å². The molecule has 0 saturated heterocycles. The standard InChI is InChI=1S/C15H19N3O3/c1-21-11-14(19)18-13(15(20)17-9-5-8-16)10-12-6-3-2-4-7-12/h2-4,6-7,13H,5,9-11H2,1H3,(H,17,20)(H,18,19). The number of benzene rings is 1. The fraction of sp³-hybridized carbons (Fsp3) is 0.400. The van der Waals surface area contributed by atoms with Crippen molar-refractivity contribution < 1.29 is 14.3 Å². The van der Waals surface area contributed by atoms with Gasteiger partial charge in [0.05, 0.1) is 12.5 Å². The molecule has 0 radical (unpaired) electrons. The Morgan fingerprint density at radius 3 is 2.67 bits per heavy atom. The summed E-state index contributed by atoms with van der Waals surface area (Å²) in [6.45, 7) is 0.164. The van der Waals surface area contributed by atoms with Crippen molar-refractivity contribution in [1.82, 2.24) is 10.6 Å². The molecule has 0 saturated carbocycles. The highest BCUT2D eigenvalue weighted by molar-refractivity contribution is 5.88. The number of nitriles is 1. The van der Waals surface area contributed by atoms with Crippen molar-refractivity contribution >= 4 is 11.8 Å². The first-order valence-corrected chi connectivity index (χ1v) is 6.64. The maximum atomic E-state index is 12.1. The molecule has 0 fully saturated rings. The summed E-state index contributed by atoms with van der Waals surface area (Å²) >= 11 is 0. The summed E-state index contributed by atoms with van der Waals surface area (Å²) in [7, 11) is 1.42. The van der Waals surface area contributed by atoms with Crippen molar-refractivity contribution in [1.29, 1.82) is 5.26 Å². The molecule has 1 atom stereocenters. The third-order valence-electron chi connectivity index (χ3n) is 2.75. The van der Waals surface area contributed by atoms with Crippen molar-refractivity contribution in [3.8, 4) is 6.07 Å². The van der Waals surface area contributed by atoms with Crippen LogP contribution in [-0.2, 0) is 20.7 Å². The summed E-state index contributed by atoms with van der Waals surface area (Å²) in [6, 6.07) is 10.7. The van der Waals surface area contributed by atoms with E-state index in [0.29, 0.717) is 6.42 Å². The van der Waals surface area contributed by atoms with Crippen LogP contribution in [0.4, 0.5) is 0 Å². The van der Waals surface area contributed by atoms with E-state index in [1.807, 2.05) is 36.4 Å². The van der Waals surface area contributed by atoms with Gasteiger partial charge in [-0.3, -0.25) is 9.59 Å². The van der Waals surface area contributed by atoms with Crippen LogP contribution >= 0.6 is 0 Å². The third-order valence-corrected chi connectivity index (χ3v) is 2.75. The number of hydrogen-bond donors (Lipinski definition) is 2. The molecule has 1 aromatic rings. The van der Waals surface area contributed by atoms with Gasteiger partial charge in [0.2, 0.25) is 11.8 Å². The van der Waals surface area contributed by atoms with Gasteiger partial charge >= 0.3 is 0 Å². The number of rotatable bonds is 8. The molecule has 0 aliphatic rings. The molecule has 112 valence electrons. The molecule has 0 aliphatic heterocycles.